The van der Waals surface area contributed by atoms with Crippen LogP contribution in [0.2, 0.25) is 0 Å². The fourth-order valence-electron chi connectivity index (χ4n) is 2.67. The van der Waals surface area contributed by atoms with Gasteiger partial charge in [0.25, 0.3) is 0 Å². The molecule has 1 fully saturated rings. The van der Waals surface area contributed by atoms with Gasteiger partial charge in [0.2, 0.25) is 0 Å². The van der Waals surface area contributed by atoms with E-state index in [0.717, 1.165) is 6.07 Å². The number of rotatable bonds is 4. The van der Waals surface area contributed by atoms with Gasteiger partial charge in [-0.1, -0.05) is 6.07 Å². The SMILES string of the molecule is O=C(O)CCC1CCN(c2cccc(F)c2C(F)(F)F)C1. The molecule has 0 radical (unpaired) electrons. The summed E-state index contributed by atoms with van der Waals surface area (Å²) in [7, 11) is 0. The fourth-order valence-corrected chi connectivity index (χ4v) is 2.67. The second kappa shape index (κ2) is 5.91. The molecule has 21 heavy (non-hydrogen) atoms. The quantitative estimate of drug-likeness (QED) is 0.865. The summed E-state index contributed by atoms with van der Waals surface area (Å²) < 4.78 is 52.4. The first kappa shape index (κ1) is 15.6. The summed E-state index contributed by atoms with van der Waals surface area (Å²) in [5.74, 6) is -2.19. The third-order valence-corrected chi connectivity index (χ3v) is 3.67. The van der Waals surface area contributed by atoms with Crippen LogP contribution in [0.15, 0.2) is 18.2 Å². The van der Waals surface area contributed by atoms with Crippen LogP contribution < -0.4 is 4.90 Å². The Morgan fingerprint density at radius 3 is 2.71 bits per heavy atom. The predicted octanol–water partition coefficient (Wildman–Crippen LogP) is 3.54. The highest BCUT2D eigenvalue weighted by atomic mass is 19.4. The van der Waals surface area contributed by atoms with Gasteiger partial charge in [0, 0.05) is 19.5 Å². The van der Waals surface area contributed by atoms with Gasteiger partial charge >= 0.3 is 12.1 Å². The van der Waals surface area contributed by atoms with Crippen LogP contribution in [-0.4, -0.2) is 24.2 Å². The van der Waals surface area contributed by atoms with Crippen LogP contribution in [0.1, 0.15) is 24.8 Å². The highest BCUT2D eigenvalue weighted by Gasteiger charge is 2.39. The Bertz CT molecular complexity index is 530. The third kappa shape index (κ3) is 3.65. The minimum Gasteiger partial charge on any atom is -0.481 e. The minimum absolute atomic E-state index is 0.00617. The summed E-state index contributed by atoms with van der Waals surface area (Å²) >= 11 is 0. The fraction of sp³-hybridized carbons (Fsp3) is 0.500. The highest BCUT2D eigenvalue weighted by Crippen LogP contribution is 2.40. The molecule has 1 aliphatic heterocycles. The number of carboxylic acids is 1. The van der Waals surface area contributed by atoms with Crippen molar-refractivity contribution in [1.82, 2.24) is 0 Å². The van der Waals surface area contributed by atoms with Gasteiger partial charge in [0.1, 0.15) is 11.4 Å². The zero-order chi connectivity index (χ0) is 15.6. The molecule has 116 valence electrons. The molecule has 0 aliphatic carbocycles. The molecule has 1 saturated heterocycles. The highest BCUT2D eigenvalue weighted by molar-refractivity contribution is 5.66. The summed E-state index contributed by atoms with van der Waals surface area (Å²) in [4.78, 5) is 12.0. The Morgan fingerprint density at radius 2 is 2.10 bits per heavy atom. The largest absolute Gasteiger partial charge is 0.481 e. The average molecular weight is 305 g/mol. The van der Waals surface area contributed by atoms with E-state index in [2.05, 4.69) is 0 Å². The number of nitrogens with zero attached hydrogens (tertiary/aromatic N) is 1. The van der Waals surface area contributed by atoms with Crippen LogP contribution in [0.4, 0.5) is 23.2 Å². The third-order valence-electron chi connectivity index (χ3n) is 3.67. The predicted molar refractivity (Wildman–Crippen MR) is 68.6 cm³/mol. The van der Waals surface area contributed by atoms with Crippen molar-refractivity contribution in [3.63, 3.8) is 0 Å². The molecule has 1 N–H and O–H groups in total. The molecular formula is C14H15F4NO2. The normalized spacial score (nSPS) is 19.0. The summed E-state index contributed by atoms with van der Waals surface area (Å²) in [6.07, 6.45) is -3.72. The molecule has 7 heteroatoms. The average Bonchev–Trinajstić information content (AvgIpc) is 2.83. The number of aliphatic carboxylic acids is 1. The smallest absolute Gasteiger partial charge is 0.421 e. The topological polar surface area (TPSA) is 40.5 Å². The second-order valence-corrected chi connectivity index (χ2v) is 5.16. The molecule has 0 bridgehead atoms. The first-order valence-corrected chi connectivity index (χ1v) is 6.61. The molecule has 3 nitrogen and oxygen atoms in total. The molecule has 2 rings (SSSR count). The van der Waals surface area contributed by atoms with E-state index in [1.54, 1.807) is 0 Å². The minimum atomic E-state index is -4.75. The van der Waals surface area contributed by atoms with E-state index in [1.807, 2.05) is 0 Å². The van der Waals surface area contributed by atoms with E-state index in [4.69, 9.17) is 5.11 Å². The lowest BCUT2D eigenvalue weighted by Crippen LogP contribution is -2.24. The molecule has 0 amide bonds. The number of carbonyl (C=O) groups is 1. The van der Waals surface area contributed by atoms with Crippen molar-refractivity contribution >= 4 is 11.7 Å². The Kier molecular flexibility index (Phi) is 4.39. The maximum atomic E-state index is 13.5. The van der Waals surface area contributed by atoms with Crippen LogP contribution >= 0.6 is 0 Å². The van der Waals surface area contributed by atoms with Gasteiger partial charge in [-0.3, -0.25) is 4.79 Å². The molecular weight excluding hydrogens is 290 g/mol. The summed E-state index contributed by atoms with van der Waals surface area (Å²) in [6, 6.07) is 3.31. The number of benzene rings is 1. The summed E-state index contributed by atoms with van der Waals surface area (Å²) in [5.41, 5.74) is -1.41. The number of alkyl halides is 3. The van der Waals surface area contributed by atoms with Gasteiger partial charge in [-0.15, -0.1) is 0 Å². The van der Waals surface area contributed by atoms with Crippen LogP contribution in [0.5, 0.6) is 0 Å². The van der Waals surface area contributed by atoms with Gasteiger partial charge in [0.15, 0.2) is 0 Å². The molecule has 1 aromatic carbocycles. The van der Waals surface area contributed by atoms with E-state index < -0.39 is 23.5 Å². The van der Waals surface area contributed by atoms with Crippen molar-refractivity contribution in [2.45, 2.75) is 25.4 Å². The maximum Gasteiger partial charge on any atom is 0.421 e. The maximum absolute atomic E-state index is 13.5. The van der Waals surface area contributed by atoms with Crippen molar-refractivity contribution in [2.75, 3.05) is 18.0 Å². The van der Waals surface area contributed by atoms with Gasteiger partial charge in [0.05, 0.1) is 5.69 Å². The molecule has 1 unspecified atom stereocenters. The molecule has 1 heterocycles. The van der Waals surface area contributed by atoms with Crippen molar-refractivity contribution in [1.29, 1.82) is 0 Å². The second-order valence-electron chi connectivity index (χ2n) is 5.16. The Balaban J connectivity index is 2.17. The molecule has 1 aliphatic rings. The number of hydrogen-bond donors (Lipinski definition) is 1. The zero-order valence-electron chi connectivity index (χ0n) is 11.2. The van der Waals surface area contributed by atoms with Crippen LogP contribution in [-0.2, 0) is 11.0 Å². The summed E-state index contributed by atoms with van der Waals surface area (Å²) in [5, 5.41) is 8.63. The zero-order valence-corrected chi connectivity index (χ0v) is 11.2. The van der Waals surface area contributed by atoms with Crippen molar-refractivity contribution in [3.8, 4) is 0 Å². The first-order chi connectivity index (χ1) is 9.79. The lowest BCUT2D eigenvalue weighted by atomic mass is 10.0. The molecule has 0 saturated carbocycles. The molecule has 0 aromatic heterocycles. The lowest BCUT2D eigenvalue weighted by molar-refractivity contribution is -0.139. The van der Waals surface area contributed by atoms with Gasteiger partial charge in [-0.25, -0.2) is 4.39 Å². The van der Waals surface area contributed by atoms with E-state index in [1.165, 1.54) is 17.0 Å². The number of halogens is 4. The van der Waals surface area contributed by atoms with E-state index in [-0.39, 0.29) is 18.0 Å². The van der Waals surface area contributed by atoms with Gasteiger partial charge < -0.3 is 10.0 Å². The number of carboxylic acid groups (broad SMARTS) is 1. The van der Waals surface area contributed by atoms with E-state index in [9.17, 15) is 22.4 Å². The Labute approximate surface area is 119 Å². The van der Waals surface area contributed by atoms with E-state index >= 15 is 0 Å². The molecule has 1 aromatic rings. The van der Waals surface area contributed by atoms with E-state index in [0.29, 0.717) is 25.9 Å². The van der Waals surface area contributed by atoms with Crippen LogP contribution in [0.3, 0.4) is 0 Å². The van der Waals surface area contributed by atoms with Crippen molar-refractivity contribution in [2.24, 2.45) is 5.92 Å². The number of anilines is 1. The first-order valence-electron chi connectivity index (χ1n) is 6.61. The van der Waals surface area contributed by atoms with Gasteiger partial charge in [-0.05, 0) is 30.9 Å². The standard InChI is InChI=1S/C14H15F4NO2/c15-10-2-1-3-11(13(10)14(16,17)18)19-7-6-9(8-19)4-5-12(20)21/h1-3,9H,4-8H2,(H,20,21). The molecule has 0 spiro atoms. The monoisotopic (exact) mass is 305 g/mol. The molecule has 1 atom stereocenters. The van der Waals surface area contributed by atoms with Gasteiger partial charge in [-0.2, -0.15) is 13.2 Å². The Hall–Kier alpha value is -1.79. The van der Waals surface area contributed by atoms with Crippen molar-refractivity contribution in [3.05, 3.63) is 29.6 Å². The van der Waals surface area contributed by atoms with Crippen molar-refractivity contribution < 1.29 is 27.5 Å². The number of hydrogen-bond acceptors (Lipinski definition) is 2. The summed E-state index contributed by atoms with van der Waals surface area (Å²) in [6.45, 7) is 0.691. The van der Waals surface area contributed by atoms with Crippen LogP contribution in [0.25, 0.3) is 0 Å². The Morgan fingerprint density at radius 1 is 1.38 bits per heavy atom. The van der Waals surface area contributed by atoms with Crippen LogP contribution in [0, 0.1) is 11.7 Å². The lowest BCUT2D eigenvalue weighted by Gasteiger charge is -2.23.